The summed E-state index contributed by atoms with van der Waals surface area (Å²) < 4.78 is 0. The number of fused-ring (bicyclic) bond motifs is 3. The number of nitrogens with two attached hydrogens (primary N) is 1. The van der Waals surface area contributed by atoms with E-state index in [1.54, 1.807) is 7.05 Å². The monoisotopic (exact) mass is 484 g/mol. The van der Waals surface area contributed by atoms with Gasteiger partial charge in [0.1, 0.15) is 17.3 Å². The highest BCUT2D eigenvalue weighted by atomic mass is 15.6. The van der Waals surface area contributed by atoms with E-state index >= 15 is 0 Å². The summed E-state index contributed by atoms with van der Waals surface area (Å²) in [6, 6.07) is 16.4. The fraction of sp³-hybridized carbons (Fsp3) is 0.346. The Hall–Kier alpha value is -3.89. The molecule has 4 N–H and O–H groups in total. The van der Waals surface area contributed by atoms with Gasteiger partial charge in [-0.2, -0.15) is 4.80 Å². The van der Waals surface area contributed by atoms with Crippen LogP contribution in [0.25, 0.3) is 33.3 Å². The van der Waals surface area contributed by atoms with Gasteiger partial charge in [-0.25, -0.2) is 9.97 Å². The Balaban J connectivity index is 1.46. The number of rotatable bonds is 11. The van der Waals surface area contributed by atoms with Crippen molar-refractivity contribution in [2.75, 3.05) is 38.5 Å². The van der Waals surface area contributed by atoms with Gasteiger partial charge in [-0.15, -0.1) is 10.2 Å². The fourth-order valence-corrected chi connectivity index (χ4v) is 4.40. The summed E-state index contributed by atoms with van der Waals surface area (Å²) in [6.45, 7) is 3.56. The van der Waals surface area contributed by atoms with Crippen LogP contribution in [0.3, 0.4) is 0 Å². The average molecular weight is 485 g/mol. The zero-order chi connectivity index (χ0) is 24.9. The molecule has 0 saturated carbocycles. The zero-order valence-corrected chi connectivity index (χ0v) is 20.8. The van der Waals surface area contributed by atoms with Crippen LogP contribution >= 0.6 is 0 Å². The first-order valence-electron chi connectivity index (χ1n) is 12.3. The highest BCUT2D eigenvalue weighted by Gasteiger charge is 2.16. The van der Waals surface area contributed by atoms with Crippen molar-refractivity contribution in [2.24, 2.45) is 12.8 Å². The molecule has 0 fully saturated rings. The highest BCUT2D eigenvalue weighted by molar-refractivity contribution is 6.11. The highest BCUT2D eigenvalue weighted by Crippen LogP contribution is 2.32. The van der Waals surface area contributed by atoms with Gasteiger partial charge >= 0.3 is 0 Å². The smallest absolute Gasteiger partial charge is 0.204 e. The lowest BCUT2D eigenvalue weighted by molar-refractivity contribution is 0.330. The van der Waals surface area contributed by atoms with Crippen molar-refractivity contribution < 1.29 is 0 Å². The molecular weight excluding hydrogens is 452 g/mol. The molecule has 36 heavy (non-hydrogen) atoms. The van der Waals surface area contributed by atoms with Crippen LogP contribution in [-0.4, -0.2) is 73.3 Å². The molecule has 186 valence electrons. The van der Waals surface area contributed by atoms with Crippen molar-refractivity contribution in [3.8, 4) is 11.4 Å². The van der Waals surface area contributed by atoms with Crippen LogP contribution < -0.4 is 11.1 Å². The molecule has 0 atom stereocenters. The summed E-state index contributed by atoms with van der Waals surface area (Å²) in [5.41, 5.74) is 9.50. The maximum absolute atomic E-state index is 5.64. The quantitative estimate of drug-likeness (QED) is 0.244. The molecule has 0 spiro atoms. The number of tetrazole rings is 1. The standard InChI is InChI=1S/C26H32N10/c1-35(14-6-12-27)15-7-13-28-25-23-20-11-10-19(24-32-34-36(2)33-24)17-21(20)29-26(23)31-22(30-25)16-18-8-4-3-5-9-18/h3-5,8-11,17H,6-7,12-16,27H2,1-2H3,(H2,28,29,30,31). The van der Waals surface area contributed by atoms with Gasteiger partial charge in [-0.05, 0) is 56.4 Å². The van der Waals surface area contributed by atoms with E-state index in [-0.39, 0.29) is 0 Å². The summed E-state index contributed by atoms with van der Waals surface area (Å²) in [4.78, 5) is 17.1. The van der Waals surface area contributed by atoms with Crippen molar-refractivity contribution in [3.05, 3.63) is 59.9 Å². The van der Waals surface area contributed by atoms with Crippen LogP contribution in [0.15, 0.2) is 48.5 Å². The minimum atomic E-state index is 0.589. The third-order valence-electron chi connectivity index (χ3n) is 6.22. The van der Waals surface area contributed by atoms with E-state index in [0.717, 1.165) is 78.2 Å². The fourth-order valence-electron chi connectivity index (χ4n) is 4.40. The normalized spacial score (nSPS) is 11.7. The molecule has 0 saturated heterocycles. The molecule has 0 amide bonds. The maximum atomic E-state index is 5.64. The van der Waals surface area contributed by atoms with Crippen molar-refractivity contribution in [1.29, 1.82) is 0 Å². The molecular formula is C26H32N10. The number of aromatic nitrogens is 7. The number of H-pyrrole nitrogens is 1. The van der Waals surface area contributed by atoms with Crippen molar-refractivity contribution >= 4 is 27.8 Å². The second-order valence-corrected chi connectivity index (χ2v) is 9.09. The van der Waals surface area contributed by atoms with Crippen LogP contribution in [0.5, 0.6) is 0 Å². The first kappa shape index (κ1) is 23.8. The molecule has 10 nitrogen and oxygen atoms in total. The summed E-state index contributed by atoms with van der Waals surface area (Å²) in [6.07, 6.45) is 2.68. The second-order valence-electron chi connectivity index (χ2n) is 9.09. The Morgan fingerprint density at radius 3 is 2.67 bits per heavy atom. The summed E-state index contributed by atoms with van der Waals surface area (Å²) in [5, 5.41) is 18.1. The number of anilines is 1. The van der Waals surface area contributed by atoms with Gasteiger partial charge in [0.25, 0.3) is 0 Å². The molecule has 3 aromatic heterocycles. The third kappa shape index (κ3) is 5.34. The summed E-state index contributed by atoms with van der Waals surface area (Å²) in [7, 11) is 3.90. The maximum Gasteiger partial charge on any atom is 0.204 e. The Bertz CT molecular complexity index is 1440. The van der Waals surface area contributed by atoms with E-state index in [2.05, 4.69) is 55.9 Å². The van der Waals surface area contributed by atoms with E-state index in [0.29, 0.717) is 12.2 Å². The van der Waals surface area contributed by atoms with Gasteiger partial charge in [0, 0.05) is 29.4 Å². The Labute approximate surface area is 209 Å². The SMILES string of the molecule is CN(CCCN)CCCNc1nc(Cc2ccccc2)nc2[nH]c3cc(-c4nnn(C)n4)ccc3c12. The predicted octanol–water partition coefficient (Wildman–Crippen LogP) is 2.98. The van der Waals surface area contributed by atoms with Gasteiger partial charge in [0.05, 0.1) is 12.4 Å². The first-order valence-corrected chi connectivity index (χ1v) is 12.3. The summed E-state index contributed by atoms with van der Waals surface area (Å²) in [5.74, 6) is 2.22. The van der Waals surface area contributed by atoms with E-state index < -0.39 is 0 Å². The zero-order valence-electron chi connectivity index (χ0n) is 20.8. The number of nitrogens with zero attached hydrogens (tertiary/aromatic N) is 7. The molecule has 0 aliphatic heterocycles. The Kier molecular flexibility index (Phi) is 7.15. The largest absolute Gasteiger partial charge is 0.369 e. The van der Waals surface area contributed by atoms with Gasteiger partial charge in [0.2, 0.25) is 5.82 Å². The van der Waals surface area contributed by atoms with Crippen LogP contribution in [0, 0.1) is 0 Å². The van der Waals surface area contributed by atoms with E-state index in [1.165, 1.54) is 10.4 Å². The molecule has 0 bridgehead atoms. The van der Waals surface area contributed by atoms with Gasteiger partial charge < -0.3 is 20.9 Å². The number of nitrogens with one attached hydrogen (secondary N) is 2. The molecule has 0 aliphatic carbocycles. The molecule has 3 heterocycles. The molecule has 10 heteroatoms. The number of aromatic amines is 1. The van der Waals surface area contributed by atoms with Gasteiger partial charge in [-0.1, -0.05) is 42.5 Å². The van der Waals surface area contributed by atoms with Gasteiger partial charge in [0.15, 0.2) is 0 Å². The minimum Gasteiger partial charge on any atom is -0.369 e. The van der Waals surface area contributed by atoms with Crippen LogP contribution in [0.4, 0.5) is 5.82 Å². The topological polar surface area (TPSA) is 126 Å². The molecule has 0 unspecified atom stereocenters. The van der Waals surface area contributed by atoms with Gasteiger partial charge in [-0.3, -0.25) is 0 Å². The predicted molar refractivity (Wildman–Crippen MR) is 143 cm³/mol. The van der Waals surface area contributed by atoms with Crippen molar-refractivity contribution in [3.63, 3.8) is 0 Å². The number of benzene rings is 2. The lowest BCUT2D eigenvalue weighted by Crippen LogP contribution is -2.24. The first-order chi connectivity index (χ1) is 17.6. The van der Waals surface area contributed by atoms with Crippen LogP contribution in [0.1, 0.15) is 24.2 Å². The lowest BCUT2D eigenvalue weighted by atomic mass is 10.1. The van der Waals surface area contributed by atoms with Crippen molar-refractivity contribution in [1.82, 2.24) is 40.1 Å². The minimum absolute atomic E-state index is 0.589. The second kappa shape index (κ2) is 10.8. The van der Waals surface area contributed by atoms with Crippen molar-refractivity contribution in [2.45, 2.75) is 19.3 Å². The van der Waals surface area contributed by atoms with E-state index in [1.807, 2.05) is 30.3 Å². The Morgan fingerprint density at radius 1 is 1.06 bits per heavy atom. The van der Waals surface area contributed by atoms with Crippen LogP contribution in [0.2, 0.25) is 0 Å². The number of hydrogen-bond acceptors (Lipinski definition) is 8. The lowest BCUT2D eigenvalue weighted by Gasteiger charge is -2.16. The molecule has 5 aromatic rings. The third-order valence-corrected chi connectivity index (χ3v) is 6.22. The molecule has 2 aromatic carbocycles. The number of aryl methyl sites for hydroxylation is 1. The number of hydrogen-bond donors (Lipinski definition) is 3. The van der Waals surface area contributed by atoms with E-state index in [4.69, 9.17) is 15.7 Å². The molecule has 5 rings (SSSR count). The molecule has 0 aliphatic rings. The average Bonchev–Trinajstić information content (AvgIpc) is 3.48. The Morgan fingerprint density at radius 2 is 1.89 bits per heavy atom. The molecule has 0 radical (unpaired) electrons. The van der Waals surface area contributed by atoms with E-state index in [9.17, 15) is 0 Å². The summed E-state index contributed by atoms with van der Waals surface area (Å²) >= 11 is 0. The van der Waals surface area contributed by atoms with Crippen LogP contribution in [-0.2, 0) is 13.5 Å².